The van der Waals surface area contributed by atoms with Crippen molar-refractivity contribution in [3.05, 3.63) is 11.4 Å². The molecule has 0 spiro atoms. The fourth-order valence-corrected chi connectivity index (χ4v) is 2.51. The Balaban J connectivity index is 2.08. The van der Waals surface area contributed by atoms with E-state index in [4.69, 9.17) is 5.73 Å². The second-order valence-corrected chi connectivity index (χ2v) is 5.25. The molecule has 106 valence electrons. The molecule has 1 aliphatic rings. The van der Waals surface area contributed by atoms with Crippen molar-refractivity contribution < 1.29 is 9.90 Å². The molecule has 1 aromatic rings. The van der Waals surface area contributed by atoms with E-state index in [1.807, 2.05) is 0 Å². The maximum atomic E-state index is 12.3. The van der Waals surface area contributed by atoms with Crippen LogP contribution in [0.15, 0.2) is 0 Å². The minimum absolute atomic E-state index is 0.140. The first-order valence-corrected chi connectivity index (χ1v) is 6.84. The van der Waals surface area contributed by atoms with Gasteiger partial charge in [0.2, 0.25) is 0 Å². The van der Waals surface area contributed by atoms with E-state index in [2.05, 4.69) is 17.1 Å². The molecule has 0 radical (unpaired) electrons. The topological polar surface area (TPSA) is 95.2 Å². The molecule has 0 bridgehead atoms. The van der Waals surface area contributed by atoms with E-state index in [0.29, 0.717) is 24.5 Å². The lowest BCUT2D eigenvalue weighted by molar-refractivity contribution is 0.0758. The quantitative estimate of drug-likeness (QED) is 0.750. The van der Waals surface area contributed by atoms with Crippen molar-refractivity contribution in [2.24, 2.45) is 5.92 Å². The van der Waals surface area contributed by atoms with Gasteiger partial charge in [0, 0.05) is 19.0 Å². The molecule has 1 aliphatic heterocycles. The zero-order valence-electron chi connectivity index (χ0n) is 11.5. The van der Waals surface area contributed by atoms with E-state index >= 15 is 0 Å². The lowest BCUT2D eigenvalue weighted by Gasteiger charge is -2.16. The highest BCUT2D eigenvalue weighted by Crippen LogP contribution is 2.24. The van der Waals surface area contributed by atoms with Gasteiger partial charge in [-0.25, -0.2) is 0 Å². The third-order valence-corrected chi connectivity index (χ3v) is 3.78. The average Bonchev–Trinajstić information content (AvgIpc) is 2.98. The number of nitrogens with one attached hydrogen (secondary N) is 1. The van der Waals surface area contributed by atoms with Crippen molar-refractivity contribution in [3.63, 3.8) is 0 Å². The Morgan fingerprint density at radius 2 is 2.42 bits per heavy atom. The summed E-state index contributed by atoms with van der Waals surface area (Å²) in [5.74, 6) is 0.0125. The molecule has 1 amide bonds. The highest BCUT2D eigenvalue weighted by atomic mass is 16.3. The maximum Gasteiger partial charge on any atom is 0.276 e. The molecule has 0 saturated carbocycles. The predicted molar refractivity (Wildman–Crippen MR) is 72.7 cm³/mol. The van der Waals surface area contributed by atoms with Crippen LogP contribution in [0.4, 0.5) is 5.69 Å². The van der Waals surface area contributed by atoms with E-state index in [0.717, 1.165) is 25.0 Å². The molecule has 2 unspecified atom stereocenters. The predicted octanol–water partition coefficient (Wildman–Crippen LogP) is 0.787. The van der Waals surface area contributed by atoms with Crippen LogP contribution in [0.3, 0.4) is 0 Å². The summed E-state index contributed by atoms with van der Waals surface area (Å²) in [6, 6.07) is 0. The van der Waals surface area contributed by atoms with Gasteiger partial charge in [-0.3, -0.25) is 9.89 Å². The summed E-state index contributed by atoms with van der Waals surface area (Å²) >= 11 is 0. The number of aliphatic hydroxyl groups excluding tert-OH is 1. The number of rotatable bonds is 4. The standard InChI is InChI=1S/C13H22N4O2/c1-3-4-10-11(14)12(16-15-10)13(19)17-6-5-9(7-17)8(2)18/h8-9,18H,3-7,14H2,1-2H3,(H,15,16). The minimum atomic E-state index is -0.384. The number of carbonyl (C=O) groups excluding carboxylic acids is 1. The molecule has 6 heteroatoms. The number of hydrogen-bond acceptors (Lipinski definition) is 4. The van der Waals surface area contributed by atoms with Crippen LogP contribution in [0.2, 0.25) is 0 Å². The Labute approximate surface area is 113 Å². The van der Waals surface area contributed by atoms with Crippen LogP contribution in [0.5, 0.6) is 0 Å². The van der Waals surface area contributed by atoms with Gasteiger partial charge in [0.05, 0.1) is 17.5 Å². The Hall–Kier alpha value is -1.56. The molecule has 2 rings (SSSR count). The van der Waals surface area contributed by atoms with Gasteiger partial charge in [-0.2, -0.15) is 5.10 Å². The fraction of sp³-hybridized carbons (Fsp3) is 0.692. The third-order valence-electron chi connectivity index (χ3n) is 3.78. The number of nitrogen functional groups attached to an aromatic ring is 1. The van der Waals surface area contributed by atoms with Crippen LogP contribution in [0.1, 0.15) is 42.9 Å². The van der Waals surface area contributed by atoms with Crippen molar-refractivity contribution in [2.45, 2.75) is 39.2 Å². The fourth-order valence-electron chi connectivity index (χ4n) is 2.51. The largest absolute Gasteiger partial charge is 0.395 e. The summed E-state index contributed by atoms with van der Waals surface area (Å²) in [5, 5.41) is 16.5. The molecular formula is C13H22N4O2. The van der Waals surface area contributed by atoms with Crippen LogP contribution in [-0.4, -0.2) is 45.3 Å². The summed E-state index contributed by atoms with van der Waals surface area (Å²) in [6.45, 7) is 5.05. The number of likely N-dealkylation sites (tertiary alicyclic amines) is 1. The van der Waals surface area contributed by atoms with Gasteiger partial charge in [0.15, 0.2) is 5.69 Å². The van der Waals surface area contributed by atoms with Crippen LogP contribution >= 0.6 is 0 Å². The van der Waals surface area contributed by atoms with Gasteiger partial charge in [0.1, 0.15) is 0 Å². The first-order valence-electron chi connectivity index (χ1n) is 6.84. The molecule has 2 heterocycles. The normalized spacial score (nSPS) is 20.8. The molecule has 2 atom stereocenters. The number of nitrogens with two attached hydrogens (primary N) is 1. The summed E-state index contributed by atoms with van der Waals surface area (Å²) in [6.07, 6.45) is 2.19. The van der Waals surface area contributed by atoms with E-state index in [-0.39, 0.29) is 17.9 Å². The van der Waals surface area contributed by atoms with E-state index < -0.39 is 0 Å². The Bertz CT molecular complexity index is 455. The molecule has 19 heavy (non-hydrogen) atoms. The summed E-state index contributed by atoms with van der Waals surface area (Å²) in [7, 11) is 0. The van der Waals surface area contributed by atoms with E-state index in [1.165, 1.54) is 0 Å². The molecular weight excluding hydrogens is 244 g/mol. The summed E-state index contributed by atoms with van der Waals surface area (Å²) in [4.78, 5) is 14.1. The van der Waals surface area contributed by atoms with Crippen LogP contribution < -0.4 is 5.73 Å². The van der Waals surface area contributed by atoms with E-state index in [1.54, 1.807) is 11.8 Å². The van der Waals surface area contributed by atoms with Crippen LogP contribution in [-0.2, 0) is 6.42 Å². The second kappa shape index (κ2) is 5.61. The highest BCUT2D eigenvalue weighted by molar-refractivity contribution is 5.97. The van der Waals surface area contributed by atoms with Crippen molar-refractivity contribution in [1.82, 2.24) is 15.1 Å². The number of aliphatic hydroxyl groups is 1. The van der Waals surface area contributed by atoms with Crippen LogP contribution in [0.25, 0.3) is 0 Å². The van der Waals surface area contributed by atoms with Gasteiger partial charge < -0.3 is 15.7 Å². The number of aryl methyl sites for hydroxylation is 1. The first-order chi connectivity index (χ1) is 9.04. The number of aromatic nitrogens is 2. The van der Waals surface area contributed by atoms with Crippen molar-refractivity contribution in [3.8, 4) is 0 Å². The molecule has 0 aliphatic carbocycles. The zero-order valence-corrected chi connectivity index (χ0v) is 11.5. The average molecular weight is 266 g/mol. The molecule has 0 aromatic carbocycles. The third kappa shape index (κ3) is 2.73. The molecule has 6 nitrogen and oxygen atoms in total. The number of hydrogen-bond donors (Lipinski definition) is 3. The van der Waals surface area contributed by atoms with E-state index in [9.17, 15) is 9.90 Å². The Kier molecular flexibility index (Phi) is 4.09. The van der Waals surface area contributed by atoms with Crippen molar-refractivity contribution >= 4 is 11.6 Å². The molecule has 4 N–H and O–H groups in total. The minimum Gasteiger partial charge on any atom is -0.395 e. The summed E-state index contributed by atoms with van der Waals surface area (Å²) < 4.78 is 0. The number of anilines is 1. The number of amides is 1. The lowest BCUT2D eigenvalue weighted by Crippen LogP contribution is -2.31. The van der Waals surface area contributed by atoms with Gasteiger partial charge in [0.25, 0.3) is 5.91 Å². The Morgan fingerprint density at radius 1 is 1.68 bits per heavy atom. The number of carbonyl (C=O) groups is 1. The number of aromatic amines is 1. The lowest BCUT2D eigenvalue weighted by atomic mass is 10.0. The molecule has 1 saturated heterocycles. The van der Waals surface area contributed by atoms with Crippen molar-refractivity contribution in [1.29, 1.82) is 0 Å². The smallest absolute Gasteiger partial charge is 0.276 e. The van der Waals surface area contributed by atoms with Gasteiger partial charge >= 0.3 is 0 Å². The SMILES string of the molecule is CCCc1[nH]nc(C(=O)N2CCC(C(C)O)C2)c1N. The number of H-pyrrole nitrogens is 1. The number of nitrogens with zero attached hydrogens (tertiary/aromatic N) is 2. The summed E-state index contributed by atoms with van der Waals surface area (Å²) in [5.41, 5.74) is 7.57. The van der Waals surface area contributed by atoms with Gasteiger partial charge in [-0.15, -0.1) is 0 Å². The second-order valence-electron chi connectivity index (χ2n) is 5.25. The van der Waals surface area contributed by atoms with Gasteiger partial charge in [-0.05, 0) is 19.8 Å². The monoisotopic (exact) mass is 266 g/mol. The Morgan fingerprint density at radius 3 is 3.00 bits per heavy atom. The van der Waals surface area contributed by atoms with Crippen molar-refractivity contribution in [2.75, 3.05) is 18.8 Å². The molecule has 1 aromatic heterocycles. The highest BCUT2D eigenvalue weighted by Gasteiger charge is 2.31. The molecule has 1 fully saturated rings. The maximum absolute atomic E-state index is 12.3. The zero-order chi connectivity index (χ0) is 14.0. The first kappa shape index (κ1) is 13.9. The van der Waals surface area contributed by atoms with Crippen LogP contribution in [0, 0.1) is 5.92 Å². The van der Waals surface area contributed by atoms with Gasteiger partial charge in [-0.1, -0.05) is 13.3 Å².